The zero-order valence-corrected chi connectivity index (χ0v) is 16.7. The van der Waals surface area contributed by atoms with Crippen LogP contribution in [0.2, 0.25) is 0 Å². The Balaban J connectivity index is 1.73. The summed E-state index contributed by atoms with van der Waals surface area (Å²) in [5, 5.41) is 9.61. The summed E-state index contributed by atoms with van der Waals surface area (Å²) >= 11 is 0. The average molecular weight is 381 g/mol. The van der Waals surface area contributed by atoms with Crippen molar-refractivity contribution in [3.8, 4) is 0 Å². The maximum atomic E-state index is 12.9. The molecule has 7 heteroatoms. The number of hydrogen-bond donors (Lipinski definition) is 3. The summed E-state index contributed by atoms with van der Waals surface area (Å²) in [6.45, 7) is 3.95. The molecule has 3 N–H and O–H groups in total. The van der Waals surface area contributed by atoms with Gasteiger partial charge in [0.2, 0.25) is 6.41 Å². The van der Waals surface area contributed by atoms with Crippen molar-refractivity contribution in [3.05, 3.63) is 40.4 Å². The van der Waals surface area contributed by atoms with E-state index in [4.69, 9.17) is 0 Å². The molecule has 3 aliphatic rings. The molecule has 0 atom stereocenters. The molecular weight excluding hydrogens is 354 g/mol. The van der Waals surface area contributed by atoms with Gasteiger partial charge in [-0.05, 0) is 56.2 Å². The van der Waals surface area contributed by atoms with Gasteiger partial charge in [0, 0.05) is 37.1 Å². The van der Waals surface area contributed by atoms with Crippen LogP contribution < -0.4 is 16.0 Å². The number of nitrogens with zero attached hydrogens (tertiary/aromatic N) is 2. The second-order valence-corrected chi connectivity index (χ2v) is 7.88. The van der Waals surface area contributed by atoms with Crippen molar-refractivity contribution < 1.29 is 9.59 Å². The van der Waals surface area contributed by atoms with Gasteiger partial charge in [-0.15, -0.1) is 0 Å². The number of fused-ring (bicyclic) bond motifs is 1. The number of anilines is 2. The lowest BCUT2D eigenvalue weighted by molar-refractivity contribution is -0.121. The monoisotopic (exact) mass is 381 g/mol. The van der Waals surface area contributed by atoms with Gasteiger partial charge in [-0.25, -0.2) is 4.98 Å². The summed E-state index contributed by atoms with van der Waals surface area (Å²) in [5.41, 5.74) is 4.90. The van der Waals surface area contributed by atoms with E-state index in [0.717, 1.165) is 72.4 Å². The fourth-order valence-electron chi connectivity index (χ4n) is 4.70. The van der Waals surface area contributed by atoms with Crippen LogP contribution in [-0.2, 0) is 16.0 Å². The van der Waals surface area contributed by atoms with E-state index in [1.807, 2.05) is 33.2 Å². The second kappa shape index (κ2) is 6.96. The Labute approximate surface area is 165 Å². The minimum absolute atomic E-state index is 0.152. The molecule has 1 aliphatic carbocycles. The SMILES string of the molecule is CNc1cc2c(cn1)CC(/C(C)=C1/C(=O)NC3(CCCCC3)N1C=O)=C(C)N2. The molecule has 2 amide bonds. The van der Waals surface area contributed by atoms with E-state index in [1.165, 1.54) is 0 Å². The van der Waals surface area contributed by atoms with E-state index < -0.39 is 5.66 Å². The number of hydrogen-bond acceptors (Lipinski definition) is 5. The van der Waals surface area contributed by atoms with Gasteiger partial charge in [-0.3, -0.25) is 14.5 Å². The lowest BCUT2D eigenvalue weighted by Crippen LogP contribution is -2.52. The highest BCUT2D eigenvalue weighted by Gasteiger charge is 2.49. The minimum Gasteiger partial charge on any atom is -0.373 e. The first-order valence-corrected chi connectivity index (χ1v) is 9.91. The molecule has 0 bridgehead atoms. The molecule has 0 radical (unpaired) electrons. The first-order valence-electron chi connectivity index (χ1n) is 9.91. The zero-order chi connectivity index (χ0) is 19.9. The van der Waals surface area contributed by atoms with E-state index in [0.29, 0.717) is 12.1 Å². The molecular formula is C21H27N5O2. The Morgan fingerprint density at radius 1 is 1.32 bits per heavy atom. The van der Waals surface area contributed by atoms with Gasteiger partial charge >= 0.3 is 0 Å². The highest BCUT2D eigenvalue weighted by atomic mass is 16.2. The molecule has 2 fully saturated rings. The molecule has 28 heavy (non-hydrogen) atoms. The molecule has 0 aromatic carbocycles. The quantitative estimate of drug-likeness (QED) is 0.554. The molecule has 1 aromatic heterocycles. The molecule has 4 rings (SSSR count). The average Bonchev–Trinajstić information content (AvgIpc) is 2.97. The van der Waals surface area contributed by atoms with Crippen molar-refractivity contribution in [2.45, 2.75) is 58.0 Å². The second-order valence-electron chi connectivity index (χ2n) is 7.88. The van der Waals surface area contributed by atoms with Crippen LogP contribution in [0.1, 0.15) is 51.5 Å². The predicted molar refractivity (Wildman–Crippen MR) is 108 cm³/mol. The highest BCUT2D eigenvalue weighted by Crippen LogP contribution is 2.40. The van der Waals surface area contributed by atoms with E-state index in [9.17, 15) is 9.59 Å². The van der Waals surface area contributed by atoms with Gasteiger partial charge in [0.05, 0.1) is 0 Å². The topological polar surface area (TPSA) is 86.4 Å². The molecule has 3 heterocycles. The van der Waals surface area contributed by atoms with Crippen LogP contribution >= 0.6 is 0 Å². The van der Waals surface area contributed by atoms with Gasteiger partial charge in [-0.1, -0.05) is 6.42 Å². The maximum Gasteiger partial charge on any atom is 0.270 e. The van der Waals surface area contributed by atoms with Gasteiger partial charge in [0.25, 0.3) is 5.91 Å². The number of pyridine rings is 1. The molecule has 7 nitrogen and oxygen atoms in total. The third-order valence-corrected chi connectivity index (χ3v) is 6.24. The Hall–Kier alpha value is -2.83. The third kappa shape index (κ3) is 2.85. The van der Waals surface area contributed by atoms with Crippen LogP contribution in [0, 0.1) is 0 Å². The summed E-state index contributed by atoms with van der Waals surface area (Å²) in [5.74, 6) is 0.653. The predicted octanol–water partition coefficient (Wildman–Crippen LogP) is 2.89. The summed E-state index contributed by atoms with van der Waals surface area (Å²) in [7, 11) is 1.84. The first kappa shape index (κ1) is 18.5. The van der Waals surface area contributed by atoms with E-state index in [2.05, 4.69) is 20.9 Å². The van der Waals surface area contributed by atoms with Crippen LogP contribution in [0.15, 0.2) is 34.8 Å². The summed E-state index contributed by atoms with van der Waals surface area (Å²) in [6, 6.07) is 1.98. The van der Waals surface area contributed by atoms with Crippen molar-refractivity contribution in [3.63, 3.8) is 0 Å². The maximum absolute atomic E-state index is 12.9. The van der Waals surface area contributed by atoms with Crippen LogP contribution in [0.4, 0.5) is 11.5 Å². The van der Waals surface area contributed by atoms with Crippen molar-refractivity contribution in [2.24, 2.45) is 0 Å². The van der Waals surface area contributed by atoms with E-state index in [-0.39, 0.29) is 5.91 Å². The molecule has 0 unspecified atom stereocenters. The summed E-state index contributed by atoms with van der Waals surface area (Å²) in [4.78, 5) is 31.0. The number of aromatic nitrogens is 1. The fourth-order valence-corrected chi connectivity index (χ4v) is 4.70. The van der Waals surface area contributed by atoms with Crippen LogP contribution in [0.3, 0.4) is 0 Å². The van der Waals surface area contributed by atoms with E-state index >= 15 is 0 Å². The number of rotatable bonds is 3. The molecule has 1 spiro atoms. The summed E-state index contributed by atoms with van der Waals surface area (Å²) in [6.07, 6.45) is 8.16. The number of carbonyl (C=O) groups excluding carboxylic acids is 2. The van der Waals surface area contributed by atoms with Crippen molar-refractivity contribution in [2.75, 3.05) is 17.7 Å². The van der Waals surface area contributed by atoms with Gasteiger partial charge in [0.1, 0.15) is 17.2 Å². The van der Waals surface area contributed by atoms with Crippen LogP contribution in [0.5, 0.6) is 0 Å². The number of nitrogens with one attached hydrogen (secondary N) is 3. The number of allylic oxidation sites excluding steroid dienone is 3. The Morgan fingerprint density at radius 3 is 2.75 bits per heavy atom. The summed E-state index contributed by atoms with van der Waals surface area (Å²) < 4.78 is 0. The van der Waals surface area contributed by atoms with Crippen molar-refractivity contribution >= 4 is 23.8 Å². The molecule has 1 saturated heterocycles. The van der Waals surface area contributed by atoms with Gasteiger partial charge in [0.15, 0.2) is 0 Å². The largest absolute Gasteiger partial charge is 0.373 e. The van der Waals surface area contributed by atoms with Gasteiger partial charge in [-0.2, -0.15) is 0 Å². The molecule has 1 saturated carbocycles. The Kier molecular flexibility index (Phi) is 4.61. The molecule has 2 aliphatic heterocycles. The smallest absolute Gasteiger partial charge is 0.270 e. The van der Waals surface area contributed by atoms with Crippen molar-refractivity contribution in [1.29, 1.82) is 0 Å². The number of amides is 2. The number of carbonyl (C=O) groups is 2. The van der Waals surface area contributed by atoms with E-state index in [1.54, 1.807) is 4.90 Å². The standard InChI is InChI=1S/C21H27N5O2/c1-13(16-9-15-11-23-18(22-3)10-17(15)24-14(16)2)19-20(28)25-21(26(19)12-27)7-5-4-6-8-21/h10-12,24H,4-9H2,1-3H3,(H,22,23)(H,25,28)/b19-13-. The minimum atomic E-state index is -0.550. The van der Waals surface area contributed by atoms with Crippen LogP contribution in [0.25, 0.3) is 0 Å². The molecule has 148 valence electrons. The zero-order valence-electron chi connectivity index (χ0n) is 16.7. The Morgan fingerprint density at radius 2 is 2.07 bits per heavy atom. The first-order chi connectivity index (χ1) is 13.5. The van der Waals surface area contributed by atoms with Crippen LogP contribution in [-0.4, -0.2) is 34.9 Å². The third-order valence-electron chi connectivity index (χ3n) is 6.24. The highest BCUT2D eigenvalue weighted by molar-refractivity contribution is 6.00. The molecule has 1 aromatic rings. The lowest BCUT2D eigenvalue weighted by Gasteiger charge is -2.38. The fraction of sp³-hybridized carbons (Fsp3) is 0.476. The van der Waals surface area contributed by atoms with Crippen molar-refractivity contribution in [1.82, 2.24) is 15.2 Å². The van der Waals surface area contributed by atoms with Gasteiger partial charge < -0.3 is 16.0 Å². The normalized spacial score (nSPS) is 22.5. The Bertz CT molecular complexity index is 896. The lowest BCUT2D eigenvalue weighted by atomic mass is 9.88.